The van der Waals surface area contributed by atoms with Crippen LogP contribution < -0.4 is 4.74 Å². The SMILES string of the molecule is COCCOC1C(Cl)CC1Oc1ccc(Br)cc1F. The van der Waals surface area contributed by atoms with Crippen molar-refractivity contribution < 1.29 is 18.6 Å². The van der Waals surface area contributed by atoms with Gasteiger partial charge >= 0.3 is 0 Å². The molecule has 0 aliphatic heterocycles. The Morgan fingerprint density at radius 3 is 2.84 bits per heavy atom. The number of methoxy groups -OCH3 is 1. The number of hydrogen-bond donors (Lipinski definition) is 0. The van der Waals surface area contributed by atoms with E-state index in [1.165, 1.54) is 6.07 Å². The number of ether oxygens (including phenoxy) is 3. The molecule has 0 radical (unpaired) electrons. The highest BCUT2D eigenvalue weighted by Crippen LogP contribution is 2.34. The maximum atomic E-state index is 13.7. The fourth-order valence-electron chi connectivity index (χ4n) is 1.86. The van der Waals surface area contributed by atoms with Crippen molar-refractivity contribution in [2.75, 3.05) is 20.3 Å². The molecule has 2 rings (SSSR count). The lowest BCUT2D eigenvalue weighted by atomic mass is 9.91. The van der Waals surface area contributed by atoms with Crippen molar-refractivity contribution in [3.63, 3.8) is 0 Å². The first kappa shape index (κ1) is 15.0. The summed E-state index contributed by atoms with van der Waals surface area (Å²) >= 11 is 9.27. The Balaban J connectivity index is 1.91. The normalized spacial score (nSPS) is 26.0. The average molecular weight is 354 g/mol. The summed E-state index contributed by atoms with van der Waals surface area (Å²) < 4.78 is 30.4. The van der Waals surface area contributed by atoms with Gasteiger partial charge in [0.05, 0.1) is 18.6 Å². The summed E-state index contributed by atoms with van der Waals surface area (Å²) in [6.45, 7) is 0.951. The topological polar surface area (TPSA) is 27.7 Å². The molecular formula is C13H15BrClFO3. The van der Waals surface area contributed by atoms with Gasteiger partial charge in [-0.3, -0.25) is 0 Å². The molecule has 0 N–H and O–H groups in total. The molecule has 1 aromatic rings. The van der Waals surface area contributed by atoms with Crippen molar-refractivity contribution in [1.29, 1.82) is 0 Å². The van der Waals surface area contributed by atoms with Crippen LogP contribution in [0.3, 0.4) is 0 Å². The largest absolute Gasteiger partial charge is 0.485 e. The third kappa shape index (κ3) is 3.81. The number of halogens is 3. The van der Waals surface area contributed by atoms with E-state index < -0.39 is 5.82 Å². The lowest BCUT2D eigenvalue weighted by molar-refractivity contribution is -0.0907. The van der Waals surface area contributed by atoms with Crippen LogP contribution in [0.5, 0.6) is 5.75 Å². The molecule has 3 atom stereocenters. The Hall–Kier alpha value is -0.360. The summed E-state index contributed by atoms with van der Waals surface area (Å²) in [6.07, 6.45) is 0.212. The summed E-state index contributed by atoms with van der Waals surface area (Å²) in [7, 11) is 1.60. The van der Waals surface area contributed by atoms with Gasteiger partial charge < -0.3 is 14.2 Å². The molecule has 0 aromatic heterocycles. The Bertz CT molecular complexity index is 432. The smallest absolute Gasteiger partial charge is 0.166 e. The van der Waals surface area contributed by atoms with Crippen LogP contribution in [0.4, 0.5) is 4.39 Å². The van der Waals surface area contributed by atoms with E-state index in [9.17, 15) is 4.39 Å². The number of benzene rings is 1. The molecule has 0 amide bonds. The second kappa shape index (κ2) is 6.88. The second-order valence-corrected chi connectivity index (χ2v) is 5.79. The van der Waals surface area contributed by atoms with Crippen molar-refractivity contribution in [2.24, 2.45) is 0 Å². The van der Waals surface area contributed by atoms with Crippen molar-refractivity contribution >= 4 is 27.5 Å². The van der Waals surface area contributed by atoms with Gasteiger partial charge in [-0.05, 0) is 18.2 Å². The van der Waals surface area contributed by atoms with E-state index in [1.54, 1.807) is 19.2 Å². The summed E-state index contributed by atoms with van der Waals surface area (Å²) in [4.78, 5) is 0. The van der Waals surface area contributed by atoms with Gasteiger partial charge in [-0.15, -0.1) is 11.6 Å². The zero-order chi connectivity index (χ0) is 13.8. The van der Waals surface area contributed by atoms with Gasteiger partial charge in [0.2, 0.25) is 0 Å². The van der Waals surface area contributed by atoms with Gasteiger partial charge in [0, 0.05) is 18.0 Å². The molecule has 1 aliphatic carbocycles. The van der Waals surface area contributed by atoms with Gasteiger partial charge in [0.1, 0.15) is 12.2 Å². The Morgan fingerprint density at radius 1 is 1.42 bits per heavy atom. The minimum atomic E-state index is -0.400. The molecule has 3 nitrogen and oxygen atoms in total. The van der Waals surface area contributed by atoms with E-state index in [0.29, 0.717) is 24.1 Å². The van der Waals surface area contributed by atoms with Crippen LogP contribution in [0.25, 0.3) is 0 Å². The first-order chi connectivity index (χ1) is 9.11. The monoisotopic (exact) mass is 352 g/mol. The average Bonchev–Trinajstić information content (AvgIpc) is 2.37. The van der Waals surface area contributed by atoms with Crippen molar-refractivity contribution in [2.45, 2.75) is 24.0 Å². The van der Waals surface area contributed by atoms with Gasteiger partial charge in [-0.2, -0.15) is 0 Å². The molecule has 0 bridgehead atoms. The number of rotatable bonds is 6. The molecule has 0 saturated heterocycles. The summed E-state index contributed by atoms with van der Waals surface area (Å²) in [5.41, 5.74) is 0. The molecule has 106 valence electrons. The lowest BCUT2D eigenvalue weighted by Gasteiger charge is -2.40. The minimum absolute atomic E-state index is 0.0969. The Kier molecular flexibility index (Phi) is 5.45. The minimum Gasteiger partial charge on any atom is -0.485 e. The maximum absolute atomic E-state index is 13.7. The summed E-state index contributed by atoms with van der Waals surface area (Å²) in [5, 5.41) is -0.0969. The number of alkyl halides is 1. The van der Waals surface area contributed by atoms with Crippen molar-refractivity contribution in [1.82, 2.24) is 0 Å². The zero-order valence-corrected chi connectivity index (χ0v) is 12.8. The zero-order valence-electron chi connectivity index (χ0n) is 10.4. The molecule has 1 saturated carbocycles. The molecule has 0 heterocycles. The van der Waals surface area contributed by atoms with E-state index in [1.807, 2.05) is 0 Å². The van der Waals surface area contributed by atoms with Crippen LogP contribution >= 0.6 is 27.5 Å². The predicted molar refractivity (Wildman–Crippen MR) is 74.4 cm³/mol. The summed E-state index contributed by atoms with van der Waals surface area (Å²) in [5.74, 6) is -0.180. The van der Waals surface area contributed by atoms with Crippen LogP contribution in [0.2, 0.25) is 0 Å². The highest BCUT2D eigenvalue weighted by atomic mass is 79.9. The molecule has 19 heavy (non-hydrogen) atoms. The van der Waals surface area contributed by atoms with Gasteiger partial charge in [0.15, 0.2) is 11.6 Å². The molecule has 1 aliphatic rings. The van der Waals surface area contributed by atoms with Crippen LogP contribution in [-0.2, 0) is 9.47 Å². The number of hydrogen-bond acceptors (Lipinski definition) is 3. The van der Waals surface area contributed by atoms with Crippen molar-refractivity contribution in [3.05, 3.63) is 28.5 Å². The molecule has 1 aromatic carbocycles. The van der Waals surface area contributed by atoms with E-state index in [-0.39, 0.29) is 23.3 Å². The Labute approximate surface area is 125 Å². The quantitative estimate of drug-likeness (QED) is 0.580. The van der Waals surface area contributed by atoms with E-state index >= 15 is 0 Å². The van der Waals surface area contributed by atoms with E-state index in [4.69, 9.17) is 25.8 Å². The first-order valence-electron chi connectivity index (χ1n) is 5.98. The molecule has 6 heteroatoms. The third-order valence-corrected chi connectivity index (χ3v) is 3.87. The predicted octanol–water partition coefficient (Wildman–Crippen LogP) is 3.38. The van der Waals surface area contributed by atoms with E-state index in [2.05, 4.69) is 15.9 Å². The highest BCUT2D eigenvalue weighted by Gasteiger charge is 2.43. The van der Waals surface area contributed by atoms with Crippen LogP contribution in [-0.4, -0.2) is 37.9 Å². The molecule has 0 spiro atoms. The Morgan fingerprint density at radius 2 is 2.21 bits per heavy atom. The fraction of sp³-hybridized carbons (Fsp3) is 0.538. The summed E-state index contributed by atoms with van der Waals surface area (Å²) in [6, 6.07) is 4.69. The second-order valence-electron chi connectivity index (χ2n) is 4.31. The third-order valence-electron chi connectivity index (χ3n) is 2.95. The first-order valence-corrected chi connectivity index (χ1v) is 7.21. The van der Waals surface area contributed by atoms with Gasteiger partial charge in [-0.1, -0.05) is 15.9 Å². The van der Waals surface area contributed by atoms with E-state index in [0.717, 1.165) is 0 Å². The van der Waals surface area contributed by atoms with Crippen LogP contribution in [0.15, 0.2) is 22.7 Å². The molecule has 1 fully saturated rings. The van der Waals surface area contributed by atoms with Crippen LogP contribution in [0, 0.1) is 5.82 Å². The standard InChI is InChI=1S/C13H15BrClFO3/c1-17-4-5-18-13-9(15)7-12(13)19-11-3-2-8(14)6-10(11)16/h2-3,6,9,12-13H,4-5,7H2,1H3. The lowest BCUT2D eigenvalue weighted by Crippen LogP contribution is -2.53. The highest BCUT2D eigenvalue weighted by molar-refractivity contribution is 9.10. The molecular weight excluding hydrogens is 338 g/mol. The molecule has 3 unspecified atom stereocenters. The van der Waals surface area contributed by atoms with Crippen LogP contribution in [0.1, 0.15) is 6.42 Å². The maximum Gasteiger partial charge on any atom is 0.166 e. The van der Waals surface area contributed by atoms with Crippen molar-refractivity contribution in [3.8, 4) is 5.75 Å². The fourth-order valence-corrected chi connectivity index (χ4v) is 2.60. The van der Waals surface area contributed by atoms with Gasteiger partial charge in [-0.25, -0.2) is 4.39 Å². The van der Waals surface area contributed by atoms with Gasteiger partial charge in [0.25, 0.3) is 0 Å².